The van der Waals surface area contributed by atoms with Gasteiger partial charge in [-0.15, -0.1) is 0 Å². The molecule has 0 spiro atoms. The Morgan fingerprint density at radius 1 is 1.10 bits per heavy atom. The Hall–Kier alpha value is -0.680. The minimum Gasteiger partial charge on any atom is -0.392 e. The van der Waals surface area contributed by atoms with Crippen molar-refractivity contribution in [3.05, 3.63) is 0 Å². The van der Waals surface area contributed by atoms with Crippen molar-refractivity contribution in [1.29, 1.82) is 0 Å². The molecule has 3 aliphatic rings. The molecule has 0 atom stereocenters. The molecule has 2 heterocycles. The van der Waals surface area contributed by atoms with Gasteiger partial charge in [-0.2, -0.15) is 0 Å². The Bertz CT molecular complexity index is 408. The predicted octanol–water partition coefficient (Wildman–Crippen LogP) is 1.78. The summed E-state index contributed by atoms with van der Waals surface area (Å²) in [5.41, 5.74) is 5.36. The smallest absolute Gasteiger partial charge is 0.235 e. The van der Waals surface area contributed by atoms with Crippen molar-refractivity contribution in [2.75, 3.05) is 32.7 Å². The molecule has 0 unspecified atom stereocenters. The van der Waals surface area contributed by atoms with Crippen LogP contribution < -0.4 is 5.73 Å². The van der Waals surface area contributed by atoms with Crippen LogP contribution in [0.2, 0.25) is 0 Å². The molecule has 0 radical (unpaired) electrons. The molecular weight excluding hydrogens is 282 g/mol. The summed E-state index contributed by atoms with van der Waals surface area (Å²) in [5.74, 6) is 0.968. The van der Waals surface area contributed by atoms with Gasteiger partial charge in [-0.05, 0) is 57.5 Å². The van der Waals surface area contributed by atoms with E-state index in [-0.39, 0.29) is 5.91 Å². The van der Waals surface area contributed by atoms with Crippen LogP contribution in [-0.4, -0.2) is 53.4 Å². The summed E-state index contributed by atoms with van der Waals surface area (Å²) in [5, 5.41) is 0. The highest BCUT2D eigenvalue weighted by atomic mass is 32.1. The molecule has 0 aromatic heterocycles. The van der Waals surface area contributed by atoms with Crippen molar-refractivity contribution >= 4 is 23.1 Å². The number of likely N-dealkylation sites (tertiary alicyclic amines) is 2. The molecule has 3 fully saturated rings. The van der Waals surface area contributed by atoms with E-state index < -0.39 is 5.41 Å². The van der Waals surface area contributed by atoms with Crippen LogP contribution in [0, 0.1) is 11.3 Å². The Kier molecular flexibility index (Phi) is 4.50. The van der Waals surface area contributed by atoms with E-state index in [2.05, 4.69) is 4.90 Å². The normalized spacial score (nSPS) is 26.6. The second kappa shape index (κ2) is 6.21. The quantitative estimate of drug-likeness (QED) is 0.804. The SMILES string of the molecule is NC(=S)C1(C(=O)N2CCC(CN3CCCC3)CC2)CCC1. The van der Waals surface area contributed by atoms with Crippen molar-refractivity contribution < 1.29 is 4.79 Å². The average molecular weight is 309 g/mol. The second-order valence-corrected chi connectivity index (χ2v) is 7.48. The first-order valence-electron chi connectivity index (χ1n) is 8.43. The zero-order chi connectivity index (χ0) is 14.9. The number of amides is 1. The van der Waals surface area contributed by atoms with Crippen LogP contribution in [0.1, 0.15) is 44.9 Å². The third kappa shape index (κ3) is 2.95. The lowest BCUT2D eigenvalue weighted by atomic mass is 9.67. The monoisotopic (exact) mass is 309 g/mol. The van der Waals surface area contributed by atoms with Crippen LogP contribution in [-0.2, 0) is 4.79 Å². The molecule has 21 heavy (non-hydrogen) atoms. The largest absolute Gasteiger partial charge is 0.392 e. The summed E-state index contributed by atoms with van der Waals surface area (Å²) in [6.45, 7) is 5.54. The maximum atomic E-state index is 12.7. The lowest BCUT2D eigenvalue weighted by Crippen LogP contribution is -2.56. The molecule has 1 aliphatic carbocycles. The summed E-state index contributed by atoms with van der Waals surface area (Å²) in [6, 6.07) is 0. The molecule has 0 bridgehead atoms. The molecule has 3 rings (SSSR count). The summed E-state index contributed by atoms with van der Waals surface area (Å²) < 4.78 is 0. The van der Waals surface area contributed by atoms with E-state index in [1.807, 2.05) is 4.90 Å². The summed E-state index contributed by atoms with van der Waals surface area (Å²) in [4.78, 5) is 17.8. The number of carbonyl (C=O) groups is 1. The molecule has 118 valence electrons. The van der Waals surface area contributed by atoms with Crippen molar-refractivity contribution in [1.82, 2.24) is 9.80 Å². The van der Waals surface area contributed by atoms with E-state index in [9.17, 15) is 4.79 Å². The minimum absolute atomic E-state index is 0.209. The Morgan fingerprint density at radius 2 is 1.71 bits per heavy atom. The van der Waals surface area contributed by atoms with Crippen molar-refractivity contribution in [2.45, 2.75) is 44.9 Å². The molecule has 2 saturated heterocycles. The van der Waals surface area contributed by atoms with Gasteiger partial charge in [0.1, 0.15) is 0 Å². The number of carbonyl (C=O) groups excluding carboxylic acids is 1. The molecule has 0 aromatic rings. The van der Waals surface area contributed by atoms with E-state index in [0.29, 0.717) is 4.99 Å². The second-order valence-electron chi connectivity index (χ2n) is 7.04. The maximum absolute atomic E-state index is 12.7. The number of piperidine rings is 1. The summed E-state index contributed by atoms with van der Waals surface area (Å²) in [7, 11) is 0. The van der Waals surface area contributed by atoms with Crippen LogP contribution in [0.4, 0.5) is 0 Å². The number of hydrogen-bond donors (Lipinski definition) is 1. The molecule has 1 saturated carbocycles. The fourth-order valence-electron chi connectivity index (χ4n) is 4.05. The van der Waals surface area contributed by atoms with Crippen molar-refractivity contribution in [3.63, 3.8) is 0 Å². The lowest BCUT2D eigenvalue weighted by Gasteiger charge is -2.44. The zero-order valence-electron chi connectivity index (χ0n) is 12.9. The molecule has 1 amide bonds. The van der Waals surface area contributed by atoms with Crippen molar-refractivity contribution in [2.24, 2.45) is 17.1 Å². The topological polar surface area (TPSA) is 49.6 Å². The van der Waals surface area contributed by atoms with E-state index in [4.69, 9.17) is 18.0 Å². The number of thiocarbonyl (C=S) groups is 1. The maximum Gasteiger partial charge on any atom is 0.235 e. The highest BCUT2D eigenvalue weighted by Crippen LogP contribution is 2.43. The molecule has 0 aromatic carbocycles. The van der Waals surface area contributed by atoms with Gasteiger partial charge in [-0.3, -0.25) is 4.79 Å². The van der Waals surface area contributed by atoms with E-state index in [1.165, 1.54) is 32.5 Å². The zero-order valence-corrected chi connectivity index (χ0v) is 13.7. The van der Waals surface area contributed by atoms with Gasteiger partial charge < -0.3 is 15.5 Å². The first-order valence-corrected chi connectivity index (χ1v) is 8.84. The third-order valence-electron chi connectivity index (χ3n) is 5.70. The summed E-state index contributed by atoms with van der Waals surface area (Å²) in [6.07, 6.45) is 7.77. The van der Waals surface area contributed by atoms with E-state index in [0.717, 1.165) is 51.1 Å². The first kappa shape index (κ1) is 15.2. The van der Waals surface area contributed by atoms with Gasteiger partial charge in [-0.1, -0.05) is 18.6 Å². The number of nitrogens with two attached hydrogens (primary N) is 1. The molecule has 5 heteroatoms. The Labute approximate surface area is 133 Å². The first-order chi connectivity index (χ1) is 10.1. The van der Waals surface area contributed by atoms with Crippen molar-refractivity contribution in [3.8, 4) is 0 Å². The van der Waals surface area contributed by atoms with Crippen LogP contribution >= 0.6 is 12.2 Å². The average Bonchev–Trinajstić information content (AvgIpc) is 2.90. The minimum atomic E-state index is -0.489. The van der Waals surface area contributed by atoms with Crippen LogP contribution in [0.5, 0.6) is 0 Å². The van der Waals surface area contributed by atoms with Crippen LogP contribution in [0.3, 0.4) is 0 Å². The third-order valence-corrected chi connectivity index (χ3v) is 6.10. The molecule has 2 N–H and O–H groups in total. The van der Waals surface area contributed by atoms with E-state index >= 15 is 0 Å². The summed E-state index contributed by atoms with van der Waals surface area (Å²) >= 11 is 5.17. The van der Waals surface area contributed by atoms with Gasteiger partial charge in [0, 0.05) is 19.6 Å². The molecule has 4 nitrogen and oxygen atoms in total. The van der Waals surface area contributed by atoms with Gasteiger partial charge in [-0.25, -0.2) is 0 Å². The van der Waals surface area contributed by atoms with Gasteiger partial charge in [0.2, 0.25) is 5.91 Å². The standard InChI is InChI=1S/C16H27N3OS/c17-14(21)16(6-3-7-16)15(20)19-10-4-13(5-11-19)12-18-8-1-2-9-18/h13H,1-12H2,(H2,17,21). The Balaban J connectivity index is 1.51. The predicted molar refractivity (Wildman–Crippen MR) is 88.0 cm³/mol. The number of hydrogen-bond acceptors (Lipinski definition) is 3. The Morgan fingerprint density at radius 3 is 2.19 bits per heavy atom. The fourth-order valence-corrected chi connectivity index (χ4v) is 4.34. The van der Waals surface area contributed by atoms with E-state index in [1.54, 1.807) is 0 Å². The molecular formula is C16H27N3OS. The van der Waals surface area contributed by atoms with Crippen LogP contribution in [0.15, 0.2) is 0 Å². The molecule has 2 aliphatic heterocycles. The van der Waals surface area contributed by atoms with Gasteiger partial charge >= 0.3 is 0 Å². The highest BCUT2D eigenvalue weighted by Gasteiger charge is 2.49. The highest BCUT2D eigenvalue weighted by molar-refractivity contribution is 7.80. The van der Waals surface area contributed by atoms with Gasteiger partial charge in [0.15, 0.2) is 0 Å². The number of nitrogens with zero attached hydrogens (tertiary/aromatic N) is 2. The lowest BCUT2D eigenvalue weighted by molar-refractivity contribution is -0.143. The number of rotatable bonds is 4. The fraction of sp³-hybridized carbons (Fsp3) is 0.875. The van der Waals surface area contributed by atoms with Gasteiger partial charge in [0.05, 0.1) is 10.4 Å². The van der Waals surface area contributed by atoms with Crippen LogP contribution in [0.25, 0.3) is 0 Å². The van der Waals surface area contributed by atoms with Gasteiger partial charge in [0.25, 0.3) is 0 Å².